The lowest BCUT2D eigenvalue weighted by atomic mass is 10.0. The molecule has 0 fully saturated rings. The molecule has 0 radical (unpaired) electrons. The van der Waals surface area contributed by atoms with Gasteiger partial charge in [-0.3, -0.25) is 0 Å². The Balaban J connectivity index is 1.06. The predicted octanol–water partition coefficient (Wildman–Crippen LogP) is 13.7. The van der Waals surface area contributed by atoms with Gasteiger partial charge in [0, 0.05) is 27.3 Å². The molecule has 9 aromatic carbocycles. The minimum atomic E-state index is -0.388. The lowest BCUT2D eigenvalue weighted by molar-refractivity contribution is 0.666. The molecule has 0 amide bonds. The van der Waals surface area contributed by atoms with Gasteiger partial charge in [0.25, 0.3) is 0 Å². The summed E-state index contributed by atoms with van der Waals surface area (Å²) in [6.45, 7) is 0. The molecule has 0 saturated carbocycles. The highest BCUT2D eigenvalue weighted by Gasteiger charge is 2.25. The summed E-state index contributed by atoms with van der Waals surface area (Å²) in [6.07, 6.45) is -0.388. The van der Waals surface area contributed by atoms with Gasteiger partial charge < -0.3 is 14.3 Å². The maximum Gasteiger partial charge on any atom is 0.159 e. The zero-order valence-corrected chi connectivity index (χ0v) is 32.5. The molecular formula is C55H36N4O. The number of furan rings is 1. The number of aromatic nitrogens is 1. The fraction of sp³-hybridized carbons (Fsp3) is 0.0182. The Hall–Kier alpha value is -8.02. The van der Waals surface area contributed by atoms with Crippen LogP contribution in [-0.4, -0.2) is 16.2 Å². The van der Waals surface area contributed by atoms with Crippen LogP contribution in [0.2, 0.25) is 0 Å². The Bertz CT molecular complexity index is 3490. The highest BCUT2D eigenvalue weighted by Crippen LogP contribution is 2.41. The van der Waals surface area contributed by atoms with Crippen molar-refractivity contribution in [1.82, 2.24) is 9.88 Å². The molecule has 5 heteroatoms. The van der Waals surface area contributed by atoms with Gasteiger partial charge in [-0.15, -0.1) is 0 Å². The lowest BCUT2D eigenvalue weighted by Crippen LogP contribution is -2.33. The van der Waals surface area contributed by atoms with Crippen LogP contribution in [0.25, 0.3) is 82.5 Å². The number of para-hydroxylation sites is 2. The van der Waals surface area contributed by atoms with Crippen molar-refractivity contribution < 1.29 is 4.42 Å². The van der Waals surface area contributed by atoms with Crippen LogP contribution >= 0.6 is 0 Å². The number of hydrogen-bond acceptors (Lipinski definition) is 4. The van der Waals surface area contributed by atoms with Crippen LogP contribution in [0, 0.1) is 0 Å². The molecule has 1 aliphatic heterocycles. The Morgan fingerprint density at radius 2 is 1.02 bits per heavy atom. The molecule has 1 N–H and O–H groups in total. The van der Waals surface area contributed by atoms with Gasteiger partial charge in [-0.05, 0) is 75.0 Å². The molecular weight excluding hydrogens is 733 g/mol. The normalized spacial score (nSPS) is 14.2. The van der Waals surface area contributed by atoms with Crippen LogP contribution < -0.4 is 5.32 Å². The van der Waals surface area contributed by atoms with E-state index in [1.807, 2.05) is 24.3 Å². The second-order valence-electron chi connectivity index (χ2n) is 15.4. The first-order valence-electron chi connectivity index (χ1n) is 20.3. The maximum atomic E-state index is 6.72. The van der Waals surface area contributed by atoms with Gasteiger partial charge in [0.15, 0.2) is 5.84 Å². The van der Waals surface area contributed by atoms with E-state index in [0.29, 0.717) is 5.84 Å². The minimum Gasteiger partial charge on any atom is -0.456 e. The summed E-state index contributed by atoms with van der Waals surface area (Å²) >= 11 is 0. The van der Waals surface area contributed by atoms with Crippen LogP contribution in [0.15, 0.2) is 221 Å². The van der Waals surface area contributed by atoms with Crippen LogP contribution in [0.1, 0.15) is 22.9 Å². The van der Waals surface area contributed by atoms with Gasteiger partial charge in [0.1, 0.15) is 23.2 Å². The van der Waals surface area contributed by atoms with E-state index >= 15 is 0 Å². The molecule has 1 aliphatic rings. The average Bonchev–Trinajstić information content (AvgIpc) is 3.86. The monoisotopic (exact) mass is 768 g/mol. The van der Waals surface area contributed by atoms with Crippen molar-refractivity contribution in [3.63, 3.8) is 0 Å². The zero-order valence-electron chi connectivity index (χ0n) is 32.5. The van der Waals surface area contributed by atoms with Gasteiger partial charge in [-0.1, -0.05) is 170 Å². The van der Waals surface area contributed by atoms with Crippen molar-refractivity contribution in [2.45, 2.75) is 6.17 Å². The summed E-state index contributed by atoms with van der Waals surface area (Å²) in [5, 5.41) is 10.7. The van der Waals surface area contributed by atoms with Crippen LogP contribution in [0.4, 0.5) is 0 Å². The molecule has 0 spiro atoms. The van der Waals surface area contributed by atoms with Gasteiger partial charge in [-0.25, -0.2) is 9.98 Å². The van der Waals surface area contributed by atoms with Crippen LogP contribution in [0.3, 0.4) is 0 Å². The fourth-order valence-electron chi connectivity index (χ4n) is 8.89. The Labute approximate surface area is 346 Å². The van der Waals surface area contributed by atoms with Crippen molar-refractivity contribution in [2.24, 2.45) is 9.98 Å². The topological polar surface area (TPSA) is 54.8 Å². The fourth-order valence-corrected chi connectivity index (χ4v) is 8.89. The summed E-state index contributed by atoms with van der Waals surface area (Å²) in [6, 6.07) is 72.8. The number of nitrogens with zero attached hydrogens (tertiary/aromatic N) is 3. The van der Waals surface area contributed by atoms with Crippen LogP contribution in [0.5, 0.6) is 0 Å². The molecule has 282 valence electrons. The minimum absolute atomic E-state index is 0.388. The highest BCUT2D eigenvalue weighted by atomic mass is 16.3. The van der Waals surface area contributed by atoms with Crippen molar-refractivity contribution in [1.29, 1.82) is 0 Å². The van der Waals surface area contributed by atoms with Gasteiger partial charge in [0.2, 0.25) is 0 Å². The SMILES string of the molecule is c1ccc(-c2ccc(C3=NC(c4ccc(-c5ccccc5)cc4)NC(c4cc(-n5c6ccccc6c6cc7ccccc7cc65)c5c(c4)oc4ccccc45)=N3)cc2)cc1. The quantitative estimate of drug-likeness (QED) is 0.183. The third kappa shape index (κ3) is 5.70. The Morgan fingerprint density at radius 3 is 1.75 bits per heavy atom. The smallest absolute Gasteiger partial charge is 0.159 e. The molecule has 0 aliphatic carbocycles. The second kappa shape index (κ2) is 13.8. The van der Waals surface area contributed by atoms with E-state index in [-0.39, 0.29) is 6.17 Å². The second-order valence-corrected chi connectivity index (χ2v) is 15.4. The summed E-state index contributed by atoms with van der Waals surface area (Å²) in [5.41, 5.74) is 12.5. The first-order valence-corrected chi connectivity index (χ1v) is 20.3. The predicted molar refractivity (Wildman–Crippen MR) is 248 cm³/mol. The molecule has 1 atom stereocenters. The summed E-state index contributed by atoms with van der Waals surface area (Å²) in [4.78, 5) is 10.6. The third-order valence-electron chi connectivity index (χ3n) is 11.8. The number of benzene rings is 9. The largest absolute Gasteiger partial charge is 0.456 e. The summed E-state index contributed by atoms with van der Waals surface area (Å²) in [7, 11) is 0. The number of amidine groups is 2. The molecule has 5 nitrogen and oxygen atoms in total. The molecule has 2 aromatic heterocycles. The summed E-state index contributed by atoms with van der Waals surface area (Å²) in [5.74, 6) is 1.38. The molecule has 3 heterocycles. The van der Waals surface area contributed by atoms with Gasteiger partial charge >= 0.3 is 0 Å². The number of rotatable bonds is 6. The van der Waals surface area contributed by atoms with Crippen molar-refractivity contribution >= 4 is 66.2 Å². The third-order valence-corrected chi connectivity index (χ3v) is 11.8. The number of aliphatic imine (C=N–C) groups is 2. The van der Waals surface area contributed by atoms with Crippen molar-refractivity contribution in [3.8, 4) is 27.9 Å². The van der Waals surface area contributed by atoms with Gasteiger partial charge in [-0.2, -0.15) is 0 Å². The molecule has 1 unspecified atom stereocenters. The molecule has 12 rings (SSSR count). The van der Waals surface area contributed by atoms with Crippen molar-refractivity contribution in [2.75, 3.05) is 0 Å². The first kappa shape index (κ1) is 34.1. The maximum absolute atomic E-state index is 6.72. The molecule has 60 heavy (non-hydrogen) atoms. The van der Waals surface area contributed by atoms with Gasteiger partial charge in [0.05, 0.1) is 22.1 Å². The lowest BCUT2D eigenvalue weighted by Gasteiger charge is -2.24. The highest BCUT2D eigenvalue weighted by molar-refractivity contribution is 6.19. The van der Waals surface area contributed by atoms with Crippen LogP contribution in [-0.2, 0) is 0 Å². The van der Waals surface area contributed by atoms with Crippen molar-refractivity contribution in [3.05, 3.63) is 223 Å². The van der Waals surface area contributed by atoms with E-state index < -0.39 is 0 Å². The van der Waals surface area contributed by atoms with E-state index in [4.69, 9.17) is 14.4 Å². The average molecular weight is 769 g/mol. The van der Waals surface area contributed by atoms with E-state index in [1.54, 1.807) is 0 Å². The molecule has 0 bridgehead atoms. The molecule has 11 aromatic rings. The Morgan fingerprint density at radius 1 is 0.433 bits per heavy atom. The number of nitrogens with one attached hydrogen (secondary N) is 1. The molecule has 0 saturated heterocycles. The zero-order chi connectivity index (χ0) is 39.6. The van der Waals surface area contributed by atoms with E-state index in [9.17, 15) is 0 Å². The standard InChI is InChI=1S/C55H36N4O/c1-3-13-35(14-4-1)37-23-27-39(28-24-37)53-56-54(40-29-25-38(26-30-40)36-15-5-2-6-16-36)58-55(57-53)43-33-49(52-45-20-10-12-22-50(45)60-51(52)34-43)59-47-21-11-9-19-44(47)46-31-41-17-7-8-18-42(41)32-48(46)59/h1-34,53H,(H,56,57,58). The Kier molecular flexibility index (Phi) is 7.85. The van der Waals surface area contributed by atoms with E-state index in [0.717, 1.165) is 72.3 Å². The van der Waals surface area contributed by atoms with E-state index in [1.165, 1.54) is 32.7 Å². The number of hydrogen-bond donors (Lipinski definition) is 1. The van der Waals surface area contributed by atoms with E-state index in [2.05, 4.69) is 192 Å². The number of fused-ring (bicyclic) bond motifs is 7. The first-order chi connectivity index (χ1) is 29.7. The summed E-state index contributed by atoms with van der Waals surface area (Å²) < 4.78 is 9.13.